The van der Waals surface area contributed by atoms with Crippen LogP contribution in [0.4, 0.5) is 4.39 Å². The lowest BCUT2D eigenvalue weighted by atomic mass is 9.95. The molecule has 1 heterocycles. The zero-order chi connectivity index (χ0) is 22.0. The maximum atomic E-state index is 15.7. The maximum Gasteiger partial charge on any atom is 0.188 e. The molecule has 0 amide bonds. The Morgan fingerprint density at radius 3 is 2.87 bits per heavy atom. The predicted octanol–water partition coefficient (Wildman–Crippen LogP) is 6.59. The lowest BCUT2D eigenvalue weighted by Gasteiger charge is -2.14. The first kappa shape index (κ1) is 22.4. The van der Waals surface area contributed by atoms with E-state index in [0.29, 0.717) is 34.2 Å². The van der Waals surface area contributed by atoms with Crippen LogP contribution in [0.2, 0.25) is 5.02 Å². The summed E-state index contributed by atoms with van der Waals surface area (Å²) in [5.41, 5.74) is 2.34. The molecule has 0 radical (unpaired) electrons. The molecule has 1 aromatic heterocycles. The third kappa shape index (κ3) is 5.18. The Bertz CT molecular complexity index is 1110. The summed E-state index contributed by atoms with van der Waals surface area (Å²) in [6.07, 6.45) is 6.13. The van der Waals surface area contributed by atoms with E-state index in [4.69, 9.17) is 16.3 Å². The lowest BCUT2D eigenvalue weighted by molar-refractivity contribution is 0.0738. The van der Waals surface area contributed by atoms with Crippen molar-refractivity contribution >= 4 is 44.3 Å². The van der Waals surface area contributed by atoms with Crippen LogP contribution in [-0.4, -0.2) is 28.5 Å². The van der Waals surface area contributed by atoms with E-state index in [2.05, 4.69) is 27.8 Å². The number of nitrogens with zero attached hydrogens (tertiary/aromatic N) is 2. The zero-order valence-corrected chi connectivity index (χ0v) is 19.8. The van der Waals surface area contributed by atoms with E-state index in [9.17, 15) is 4.79 Å². The highest BCUT2D eigenvalue weighted by atomic mass is 79.9. The summed E-state index contributed by atoms with van der Waals surface area (Å²) in [5, 5.41) is 0.519. The third-order valence-electron chi connectivity index (χ3n) is 5.68. The minimum absolute atomic E-state index is 0.0500. The molecule has 1 fully saturated rings. The Balaban J connectivity index is 1.73. The van der Waals surface area contributed by atoms with Crippen molar-refractivity contribution in [3.63, 3.8) is 0 Å². The number of hydrogen-bond acceptors (Lipinski definition) is 3. The topological polar surface area (TPSA) is 44.1 Å². The molecule has 0 aliphatic heterocycles. The van der Waals surface area contributed by atoms with Crippen LogP contribution >= 0.6 is 27.5 Å². The Hall–Kier alpha value is -1.76. The summed E-state index contributed by atoms with van der Waals surface area (Å²) >= 11 is 9.78. The Kier molecular flexibility index (Phi) is 7.09. The van der Waals surface area contributed by atoms with Crippen LogP contribution < -0.4 is 0 Å². The number of carbonyl (C=O) groups is 1. The van der Waals surface area contributed by atoms with E-state index in [1.807, 2.05) is 16.7 Å². The molecule has 2 aromatic carbocycles. The van der Waals surface area contributed by atoms with Gasteiger partial charge in [0.1, 0.15) is 12.1 Å². The Morgan fingerprint density at radius 1 is 1.35 bits per heavy atom. The Morgan fingerprint density at radius 2 is 2.16 bits per heavy atom. The van der Waals surface area contributed by atoms with Gasteiger partial charge in [-0.15, -0.1) is 0 Å². The van der Waals surface area contributed by atoms with Crippen molar-refractivity contribution in [1.29, 1.82) is 0 Å². The van der Waals surface area contributed by atoms with Crippen LogP contribution in [0.15, 0.2) is 35.1 Å². The normalized spacial score (nSPS) is 13.8. The number of aromatic nitrogens is 2. The van der Waals surface area contributed by atoms with E-state index in [0.717, 1.165) is 42.3 Å². The number of benzene rings is 2. The lowest BCUT2D eigenvalue weighted by Crippen LogP contribution is -2.15. The van der Waals surface area contributed by atoms with Gasteiger partial charge in [0.2, 0.25) is 0 Å². The second-order valence-corrected chi connectivity index (χ2v) is 9.49. The summed E-state index contributed by atoms with van der Waals surface area (Å²) in [5.74, 6) is -0.117. The first-order valence-corrected chi connectivity index (χ1v) is 11.9. The van der Waals surface area contributed by atoms with Crippen LogP contribution in [0.1, 0.15) is 54.1 Å². The van der Waals surface area contributed by atoms with Crippen LogP contribution in [0, 0.1) is 11.7 Å². The molecule has 1 saturated carbocycles. The summed E-state index contributed by atoms with van der Waals surface area (Å²) < 4.78 is 24.0. The fraction of sp³-hybridized carbons (Fsp3) is 0.417. The molecular weight excluding hydrogens is 483 g/mol. The molecule has 0 unspecified atom stereocenters. The monoisotopic (exact) mass is 506 g/mol. The Labute approximate surface area is 194 Å². The van der Waals surface area contributed by atoms with Gasteiger partial charge in [-0.1, -0.05) is 46.9 Å². The largest absolute Gasteiger partial charge is 0.373 e. The average molecular weight is 508 g/mol. The van der Waals surface area contributed by atoms with Gasteiger partial charge in [0, 0.05) is 33.6 Å². The van der Waals surface area contributed by atoms with Gasteiger partial charge < -0.3 is 9.30 Å². The van der Waals surface area contributed by atoms with Gasteiger partial charge in [-0.25, -0.2) is 9.37 Å². The summed E-state index contributed by atoms with van der Waals surface area (Å²) in [6, 6.07) is 7.24. The molecule has 1 aliphatic rings. The molecule has 164 valence electrons. The van der Waals surface area contributed by atoms with Crippen LogP contribution in [0.5, 0.6) is 0 Å². The number of rotatable bonds is 10. The summed E-state index contributed by atoms with van der Waals surface area (Å²) in [7, 11) is 0. The van der Waals surface area contributed by atoms with Crippen molar-refractivity contribution < 1.29 is 13.9 Å². The van der Waals surface area contributed by atoms with Crippen molar-refractivity contribution in [1.82, 2.24) is 9.55 Å². The van der Waals surface area contributed by atoms with Gasteiger partial charge >= 0.3 is 0 Å². The standard InChI is InChI=1S/C24H25BrClFN2O2/c1-2-3-8-29-14-28-24-21(29)11-18(22(30)13-31-12-15-4-5-15)19(23(24)27)9-16-6-7-17(25)10-20(16)26/h6-7,10-11,14-15H,2-5,8-9,12-13H2,1H3. The third-order valence-corrected chi connectivity index (χ3v) is 6.52. The molecule has 1 aliphatic carbocycles. The van der Waals surface area contributed by atoms with E-state index in [1.165, 1.54) is 0 Å². The van der Waals surface area contributed by atoms with Gasteiger partial charge in [-0.05, 0) is 48.9 Å². The van der Waals surface area contributed by atoms with Crippen molar-refractivity contribution in [2.24, 2.45) is 5.92 Å². The molecule has 0 N–H and O–H groups in total. The highest BCUT2D eigenvalue weighted by Gasteiger charge is 2.24. The van der Waals surface area contributed by atoms with Gasteiger partial charge in [0.25, 0.3) is 0 Å². The SMILES string of the molecule is CCCCn1cnc2c(F)c(Cc3ccc(Br)cc3Cl)c(C(=O)COCC3CC3)cc21. The molecule has 4 rings (SSSR count). The number of hydrogen-bond donors (Lipinski definition) is 0. The number of fused-ring (bicyclic) bond motifs is 1. The first-order chi connectivity index (χ1) is 15.0. The van der Waals surface area contributed by atoms with Crippen molar-refractivity contribution in [3.8, 4) is 0 Å². The molecule has 0 spiro atoms. The number of halogens is 3. The van der Waals surface area contributed by atoms with E-state index < -0.39 is 5.82 Å². The van der Waals surface area contributed by atoms with Gasteiger partial charge in [0.05, 0.1) is 18.5 Å². The molecular formula is C24H25BrClFN2O2. The van der Waals surface area contributed by atoms with Crippen molar-refractivity contribution in [2.45, 2.75) is 45.6 Å². The van der Waals surface area contributed by atoms with Gasteiger partial charge in [-0.3, -0.25) is 4.79 Å². The van der Waals surface area contributed by atoms with E-state index in [1.54, 1.807) is 18.5 Å². The second kappa shape index (κ2) is 9.80. The predicted molar refractivity (Wildman–Crippen MR) is 124 cm³/mol. The van der Waals surface area contributed by atoms with Gasteiger partial charge in [0.15, 0.2) is 11.6 Å². The zero-order valence-electron chi connectivity index (χ0n) is 17.5. The summed E-state index contributed by atoms with van der Waals surface area (Å²) in [6.45, 7) is 3.37. The minimum atomic E-state index is -0.461. The van der Waals surface area contributed by atoms with Gasteiger partial charge in [-0.2, -0.15) is 0 Å². The number of aryl methyl sites for hydroxylation is 1. The molecule has 0 atom stereocenters. The number of unbranched alkanes of at least 4 members (excludes halogenated alkanes) is 1. The molecule has 0 bridgehead atoms. The van der Waals surface area contributed by atoms with Crippen LogP contribution in [-0.2, 0) is 17.7 Å². The van der Waals surface area contributed by atoms with Crippen molar-refractivity contribution in [3.05, 3.63) is 62.6 Å². The number of carbonyl (C=O) groups excluding carboxylic acids is 1. The first-order valence-electron chi connectivity index (χ1n) is 10.7. The number of Topliss-reactive ketones (excluding diaryl/α,β-unsaturated/α-hetero) is 1. The molecule has 3 aromatic rings. The molecule has 0 saturated heterocycles. The average Bonchev–Trinajstić information content (AvgIpc) is 3.48. The molecule has 31 heavy (non-hydrogen) atoms. The fourth-order valence-electron chi connectivity index (χ4n) is 3.66. The molecule has 4 nitrogen and oxygen atoms in total. The maximum absolute atomic E-state index is 15.7. The van der Waals surface area contributed by atoms with E-state index >= 15 is 4.39 Å². The highest BCUT2D eigenvalue weighted by molar-refractivity contribution is 9.10. The smallest absolute Gasteiger partial charge is 0.188 e. The van der Waals surface area contributed by atoms with Crippen molar-refractivity contribution in [2.75, 3.05) is 13.2 Å². The van der Waals surface area contributed by atoms with Crippen LogP contribution in [0.3, 0.4) is 0 Å². The fourth-order valence-corrected chi connectivity index (χ4v) is 4.40. The number of imidazole rings is 1. The van der Waals surface area contributed by atoms with Crippen LogP contribution in [0.25, 0.3) is 11.0 Å². The second-order valence-electron chi connectivity index (χ2n) is 8.17. The number of ketones is 1. The number of ether oxygens (including phenoxy) is 1. The quantitative estimate of drug-likeness (QED) is 0.291. The summed E-state index contributed by atoms with van der Waals surface area (Å²) in [4.78, 5) is 17.4. The highest BCUT2D eigenvalue weighted by Crippen LogP contribution is 2.31. The van der Waals surface area contributed by atoms with E-state index in [-0.39, 0.29) is 24.3 Å². The molecule has 7 heteroatoms. The minimum Gasteiger partial charge on any atom is -0.373 e.